The van der Waals surface area contributed by atoms with Crippen molar-refractivity contribution in [2.45, 2.75) is 19.6 Å². The van der Waals surface area contributed by atoms with Gasteiger partial charge in [-0.1, -0.05) is 0 Å². The van der Waals surface area contributed by atoms with Crippen molar-refractivity contribution in [2.24, 2.45) is 0 Å². The Hall–Kier alpha value is -2.10. The maximum absolute atomic E-state index is 12.1. The van der Waals surface area contributed by atoms with Gasteiger partial charge in [0.1, 0.15) is 11.9 Å². The molecule has 3 aromatic heterocycles. The molecule has 0 aliphatic carbocycles. The fourth-order valence-corrected chi connectivity index (χ4v) is 3.44. The average molecular weight is 332 g/mol. The number of thiazole rings is 1. The monoisotopic (exact) mass is 332 g/mol. The Morgan fingerprint density at radius 1 is 1.48 bits per heavy atom. The van der Waals surface area contributed by atoms with Crippen LogP contribution in [0.4, 0.5) is 0 Å². The minimum absolute atomic E-state index is 0.0411. The lowest BCUT2D eigenvalue weighted by Crippen LogP contribution is -2.38. The van der Waals surface area contributed by atoms with Crippen LogP contribution in [0.1, 0.15) is 23.4 Å². The first-order chi connectivity index (χ1) is 11.2. The van der Waals surface area contributed by atoms with Crippen molar-refractivity contribution in [3.63, 3.8) is 0 Å². The lowest BCUT2D eigenvalue weighted by atomic mass is 10.2. The quantitative estimate of drug-likeness (QED) is 0.762. The first kappa shape index (κ1) is 14.5. The van der Waals surface area contributed by atoms with Crippen LogP contribution in [0.3, 0.4) is 0 Å². The predicted molar refractivity (Wildman–Crippen MR) is 84.4 cm³/mol. The highest BCUT2D eigenvalue weighted by atomic mass is 32.1. The van der Waals surface area contributed by atoms with Crippen LogP contribution < -0.4 is 5.56 Å². The van der Waals surface area contributed by atoms with E-state index in [0.717, 1.165) is 23.0 Å². The molecule has 4 rings (SSSR count). The van der Waals surface area contributed by atoms with E-state index in [-0.39, 0.29) is 11.7 Å². The van der Waals surface area contributed by atoms with Gasteiger partial charge >= 0.3 is 0 Å². The Morgan fingerprint density at radius 2 is 2.39 bits per heavy atom. The second-order valence-electron chi connectivity index (χ2n) is 5.51. The molecule has 1 saturated heterocycles. The maximum Gasteiger partial charge on any atom is 0.258 e. The second kappa shape index (κ2) is 5.84. The molecule has 4 heterocycles. The van der Waals surface area contributed by atoms with Crippen molar-refractivity contribution in [2.75, 3.05) is 19.7 Å². The third-order valence-corrected chi connectivity index (χ3v) is 4.55. The molecule has 0 radical (unpaired) electrons. The number of ether oxygens (including phenoxy) is 1. The van der Waals surface area contributed by atoms with E-state index in [9.17, 15) is 4.79 Å². The summed E-state index contributed by atoms with van der Waals surface area (Å²) < 4.78 is 7.32. The van der Waals surface area contributed by atoms with Crippen molar-refractivity contribution < 1.29 is 4.74 Å². The van der Waals surface area contributed by atoms with E-state index >= 15 is 0 Å². The second-order valence-corrected chi connectivity index (χ2v) is 6.39. The van der Waals surface area contributed by atoms with Gasteiger partial charge in [0.15, 0.2) is 10.8 Å². The molecular weight excluding hydrogens is 316 g/mol. The van der Waals surface area contributed by atoms with Crippen LogP contribution in [0, 0.1) is 6.92 Å². The molecule has 0 bridgehead atoms. The van der Waals surface area contributed by atoms with Gasteiger partial charge in [-0.3, -0.25) is 19.2 Å². The number of hydrogen-bond donors (Lipinski definition) is 1. The van der Waals surface area contributed by atoms with Crippen LogP contribution in [-0.2, 0) is 11.3 Å². The van der Waals surface area contributed by atoms with Gasteiger partial charge in [0, 0.05) is 37.3 Å². The number of aromatic amines is 1. The zero-order chi connectivity index (χ0) is 15.8. The molecule has 1 N–H and O–H groups in total. The molecule has 0 aromatic carbocycles. The van der Waals surface area contributed by atoms with Gasteiger partial charge in [0.05, 0.1) is 12.3 Å². The third-order valence-electron chi connectivity index (χ3n) is 3.79. The Morgan fingerprint density at radius 3 is 3.22 bits per heavy atom. The summed E-state index contributed by atoms with van der Waals surface area (Å²) in [6.45, 7) is 4.57. The summed E-state index contributed by atoms with van der Waals surface area (Å²) in [4.78, 5) is 23.9. The lowest BCUT2D eigenvalue weighted by molar-refractivity contribution is -0.0374. The summed E-state index contributed by atoms with van der Waals surface area (Å²) in [6.07, 6.45) is 1.59. The fraction of sp³-hybridized carbons (Fsp3) is 0.429. The standard InChI is InChI=1S/C14H16N6O2S/c1-9-15-13(18-17-9)11-8-19(2-4-22-11)7-10-6-12(21)20-3-5-23-14(20)16-10/h3,5-6,11H,2,4,7-8H2,1H3,(H,15,17,18)/t11-/m0/s1. The zero-order valence-electron chi connectivity index (χ0n) is 12.6. The summed E-state index contributed by atoms with van der Waals surface area (Å²) in [5.41, 5.74) is 0.741. The molecule has 0 amide bonds. The molecule has 3 aromatic rings. The van der Waals surface area contributed by atoms with Gasteiger partial charge in [-0.15, -0.1) is 11.3 Å². The summed E-state index contributed by atoms with van der Waals surface area (Å²) in [5, 5.41) is 8.88. The van der Waals surface area contributed by atoms with E-state index in [2.05, 4.69) is 25.1 Å². The van der Waals surface area contributed by atoms with Crippen LogP contribution in [0.5, 0.6) is 0 Å². The van der Waals surface area contributed by atoms with Crippen molar-refractivity contribution in [3.8, 4) is 0 Å². The van der Waals surface area contributed by atoms with Crippen LogP contribution in [0.2, 0.25) is 0 Å². The number of aryl methyl sites for hydroxylation is 1. The number of hydrogen-bond acceptors (Lipinski definition) is 7. The van der Waals surface area contributed by atoms with Gasteiger partial charge in [0.2, 0.25) is 0 Å². The van der Waals surface area contributed by atoms with Gasteiger partial charge < -0.3 is 4.74 Å². The molecule has 9 heteroatoms. The molecule has 1 aliphatic heterocycles. The fourth-order valence-electron chi connectivity index (χ4n) is 2.70. The minimum Gasteiger partial charge on any atom is -0.367 e. The summed E-state index contributed by atoms with van der Waals surface area (Å²) in [5.74, 6) is 1.45. The molecule has 0 spiro atoms. The van der Waals surface area contributed by atoms with Crippen molar-refractivity contribution in [3.05, 3.63) is 45.3 Å². The van der Waals surface area contributed by atoms with Gasteiger partial charge in [-0.2, -0.15) is 5.10 Å². The maximum atomic E-state index is 12.1. The van der Waals surface area contributed by atoms with E-state index in [1.54, 1.807) is 16.7 Å². The highest BCUT2D eigenvalue weighted by molar-refractivity contribution is 7.15. The Labute approximate surface area is 135 Å². The Bertz CT molecular complexity index is 885. The SMILES string of the molecule is Cc1nc([C@@H]2CN(Cc3cc(=O)n4ccsc4n3)CCO2)n[nH]1. The number of rotatable bonds is 3. The molecule has 8 nitrogen and oxygen atoms in total. The predicted octanol–water partition coefficient (Wildman–Crippen LogP) is 0.756. The van der Waals surface area contributed by atoms with Crippen LogP contribution in [-0.4, -0.2) is 49.2 Å². The normalized spacial score (nSPS) is 19.4. The van der Waals surface area contributed by atoms with Gasteiger partial charge in [-0.25, -0.2) is 9.97 Å². The average Bonchev–Trinajstić information content (AvgIpc) is 3.16. The largest absolute Gasteiger partial charge is 0.367 e. The molecule has 1 fully saturated rings. The smallest absolute Gasteiger partial charge is 0.258 e. The van der Waals surface area contributed by atoms with E-state index in [1.807, 2.05) is 12.3 Å². The number of nitrogens with zero attached hydrogens (tertiary/aromatic N) is 5. The van der Waals surface area contributed by atoms with Crippen molar-refractivity contribution >= 4 is 16.3 Å². The highest BCUT2D eigenvalue weighted by Crippen LogP contribution is 2.20. The van der Waals surface area contributed by atoms with E-state index in [4.69, 9.17) is 4.74 Å². The molecule has 0 unspecified atom stereocenters. The number of H-pyrrole nitrogens is 1. The number of aromatic nitrogens is 5. The highest BCUT2D eigenvalue weighted by Gasteiger charge is 2.25. The summed E-state index contributed by atoms with van der Waals surface area (Å²) in [6, 6.07) is 1.60. The van der Waals surface area contributed by atoms with Crippen LogP contribution >= 0.6 is 11.3 Å². The van der Waals surface area contributed by atoms with E-state index < -0.39 is 0 Å². The van der Waals surface area contributed by atoms with Gasteiger partial charge in [0.25, 0.3) is 5.56 Å². The summed E-state index contributed by atoms with van der Waals surface area (Å²) >= 11 is 1.46. The first-order valence-corrected chi connectivity index (χ1v) is 8.25. The number of fused-ring (bicyclic) bond motifs is 1. The Kier molecular flexibility index (Phi) is 3.68. The van der Waals surface area contributed by atoms with Crippen LogP contribution in [0.15, 0.2) is 22.4 Å². The number of morpholine rings is 1. The van der Waals surface area contributed by atoms with Crippen LogP contribution in [0.25, 0.3) is 4.96 Å². The van der Waals surface area contributed by atoms with E-state index in [1.165, 1.54) is 11.3 Å². The van der Waals surface area contributed by atoms with E-state index in [0.29, 0.717) is 25.5 Å². The molecule has 120 valence electrons. The van der Waals surface area contributed by atoms with Crippen molar-refractivity contribution in [1.82, 2.24) is 29.5 Å². The molecule has 23 heavy (non-hydrogen) atoms. The molecular formula is C14H16N6O2S. The summed E-state index contributed by atoms with van der Waals surface area (Å²) in [7, 11) is 0. The Balaban J connectivity index is 1.52. The molecule has 1 atom stereocenters. The molecule has 0 saturated carbocycles. The number of nitrogens with one attached hydrogen (secondary N) is 1. The van der Waals surface area contributed by atoms with Crippen molar-refractivity contribution in [1.29, 1.82) is 0 Å². The molecule has 1 aliphatic rings. The third kappa shape index (κ3) is 2.90. The first-order valence-electron chi connectivity index (χ1n) is 7.38. The lowest BCUT2D eigenvalue weighted by Gasteiger charge is -2.31. The minimum atomic E-state index is -0.153. The zero-order valence-corrected chi connectivity index (χ0v) is 13.4. The van der Waals surface area contributed by atoms with Gasteiger partial charge in [-0.05, 0) is 6.92 Å². The topological polar surface area (TPSA) is 88.4 Å².